The Bertz CT molecular complexity index is 247. The summed E-state index contributed by atoms with van der Waals surface area (Å²) in [5.41, 5.74) is 0. The fourth-order valence-corrected chi connectivity index (χ4v) is 2.74. The molecule has 0 aromatic carbocycles. The summed E-state index contributed by atoms with van der Waals surface area (Å²) < 4.78 is 0. The third kappa shape index (κ3) is 9.08. The lowest BCUT2D eigenvalue weighted by atomic mass is 10.1. The van der Waals surface area contributed by atoms with E-state index >= 15 is 0 Å². The molecule has 0 nitrogen and oxygen atoms in total. The molecule has 0 radical (unpaired) electrons. The molecule has 0 bridgehead atoms. The molecule has 88 valence electrons. The first-order chi connectivity index (χ1) is 8.00. The molecule has 0 fully saturated rings. The van der Waals surface area contributed by atoms with E-state index in [0.717, 1.165) is 12.8 Å². The van der Waals surface area contributed by atoms with E-state index in [2.05, 4.69) is 22.3 Å². The minimum atomic E-state index is 1.06. The van der Waals surface area contributed by atoms with Crippen LogP contribution in [0.5, 0.6) is 0 Å². The van der Waals surface area contributed by atoms with Crippen molar-refractivity contribution >= 4 is 23.5 Å². The maximum absolute atomic E-state index is 3.24. The number of hydrogen-bond acceptors (Lipinski definition) is 2. The maximum atomic E-state index is 3.24. The van der Waals surface area contributed by atoms with E-state index in [1.54, 1.807) is 23.5 Å². The van der Waals surface area contributed by atoms with Gasteiger partial charge in [-0.15, -0.1) is 0 Å². The van der Waals surface area contributed by atoms with Crippen LogP contribution in [0.15, 0.2) is 0 Å². The second kappa shape index (κ2) is 11.3. The van der Waals surface area contributed by atoms with Crippen LogP contribution >= 0.6 is 23.5 Å². The van der Waals surface area contributed by atoms with Gasteiger partial charge in [-0.05, 0) is 36.2 Å². The van der Waals surface area contributed by atoms with Crippen LogP contribution < -0.4 is 0 Å². The van der Waals surface area contributed by atoms with Gasteiger partial charge in [0.2, 0.25) is 0 Å². The minimum Gasteiger partial charge on any atom is -0.0913 e. The van der Waals surface area contributed by atoms with Gasteiger partial charge in [0.05, 0.1) is 0 Å². The SMILES string of the molecule is C1#CSCCCCCSC#CCCCCC1. The van der Waals surface area contributed by atoms with Gasteiger partial charge in [0.25, 0.3) is 0 Å². The van der Waals surface area contributed by atoms with Gasteiger partial charge in [0, 0.05) is 24.3 Å². The first kappa shape index (κ1) is 13.9. The van der Waals surface area contributed by atoms with E-state index in [1.165, 1.54) is 50.0 Å². The summed E-state index contributed by atoms with van der Waals surface area (Å²) in [6.45, 7) is 0. The Hall–Kier alpha value is -0.180. The van der Waals surface area contributed by atoms with Crippen molar-refractivity contribution in [3.05, 3.63) is 0 Å². The van der Waals surface area contributed by atoms with Crippen molar-refractivity contribution in [1.82, 2.24) is 0 Å². The molecular weight excluding hydrogens is 232 g/mol. The summed E-state index contributed by atoms with van der Waals surface area (Å²) in [5, 5.41) is 6.40. The molecule has 0 spiro atoms. The number of hydrogen-bond donors (Lipinski definition) is 0. The van der Waals surface area contributed by atoms with Crippen molar-refractivity contribution in [2.75, 3.05) is 11.5 Å². The van der Waals surface area contributed by atoms with Gasteiger partial charge in [-0.25, -0.2) is 0 Å². The molecule has 0 aromatic heterocycles. The quantitative estimate of drug-likeness (QED) is 0.582. The summed E-state index contributed by atoms with van der Waals surface area (Å²) in [5.74, 6) is 8.88. The van der Waals surface area contributed by atoms with Crippen LogP contribution in [0.2, 0.25) is 0 Å². The monoisotopic (exact) mass is 252 g/mol. The second-order valence-corrected chi connectivity index (χ2v) is 5.68. The number of rotatable bonds is 0. The molecule has 0 unspecified atom stereocenters. The summed E-state index contributed by atoms with van der Waals surface area (Å²) in [6, 6.07) is 0. The van der Waals surface area contributed by atoms with E-state index in [0.29, 0.717) is 0 Å². The predicted octanol–water partition coefficient (Wildman–Crippen LogP) is 4.51. The predicted molar refractivity (Wildman–Crippen MR) is 77.4 cm³/mol. The summed E-state index contributed by atoms with van der Waals surface area (Å²) >= 11 is 3.59. The average Bonchev–Trinajstić information content (AvgIpc) is 2.29. The Labute approximate surface area is 109 Å². The zero-order valence-electron chi connectivity index (χ0n) is 9.89. The molecule has 0 N–H and O–H groups in total. The Morgan fingerprint density at radius 1 is 0.562 bits per heavy atom. The molecule has 0 aromatic rings. The lowest BCUT2D eigenvalue weighted by molar-refractivity contribution is 0.709. The van der Waals surface area contributed by atoms with Crippen LogP contribution in [0, 0.1) is 22.3 Å². The third-order valence-electron chi connectivity index (χ3n) is 2.39. The minimum absolute atomic E-state index is 1.06. The molecule has 16 heavy (non-hydrogen) atoms. The van der Waals surface area contributed by atoms with Gasteiger partial charge in [-0.2, -0.15) is 0 Å². The van der Waals surface area contributed by atoms with E-state index in [9.17, 15) is 0 Å². The lowest BCUT2D eigenvalue weighted by Crippen LogP contribution is -1.82. The zero-order chi connectivity index (χ0) is 11.3. The molecular formula is C14H20S2. The third-order valence-corrected chi connectivity index (χ3v) is 3.95. The van der Waals surface area contributed by atoms with Crippen LogP contribution in [0.25, 0.3) is 0 Å². The molecule has 0 saturated carbocycles. The molecule has 0 saturated heterocycles. The van der Waals surface area contributed by atoms with Crippen molar-refractivity contribution in [3.8, 4) is 22.3 Å². The highest BCUT2D eigenvalue weighted by molar-refractivity contribution is 8.04. The van der Waals surface area contributed by atoms with Crippen LogP contribution in [-0.2, 0) is 0 Å². The standard InChI is InChI=1S/C14H20S2/c1-2-4-7-11-15-13-9-6-10-14-16-12-8-5-3-1/h1-6,9-10,13-14H2. The summed E-state index contributed by atoms with van der Waals surface area (Å²) in [6.07, 6.45) is 9.80. The van der Waals surface area contributed by atoms with Crippen molar-refractivity contribution in [3.63, 3.8) is 0 Å². The smallest absolute Gasteiger partial charge is 0.00976 e. The van der Waals surface area contributed by atoms with Crippen LogP contribution in [0.1, 0.15) is 51.4 Å². The topological polar surface area (TPSA) is 0 Å². The van der Waals surface area contributed by atoms with Crippen LogP contribution in [-0.4, -0.2) is 11.5 Å². The highest BCUT2D eigenvalue weighted by atomic mass is 32.2. The van der Waals surface area contributed by atoms with E-state index in [4.69, 9.17) is 0 Å². The average molecular weight is 252 g/mol. The van der Waals surface area contributed by atoms with Crippen LogP contribution in [0.4, 0.5) is 0 Å². The van der Waals surface area contributed by atoms with Gasteiger partial charge in [-0.3, -0.25) is 0 Å². The molecule has 0 amide bonds. The fraction of sp³-hybridized carbons (Fsp3) is 0.714. The van der Waals surface area contributed by atoms with Gasteiger partial charge < -0.3 is 0 Å². The molecule has 1 heterocycles. The van der Waals surface area contributed by atoms with Crippen molar-refractivity contribution in [2.24, 2.45) is 0 Å². The Morgan fingerprint density at radius 2 is 1.06 bits per heavy atom. The van der Waals surface area contributed by atoms with E-state index < -0.39 is 0 Å². The normalized spacial score (nSPS) is 20.0. The molecule has 1 rings (SSSR count). The molecule has 1 aliphatic rings. The Kier molecular flexibility index (Phi) is 9.81. The summed E-state index contributed by atoms with van der Waals surface area (Å²) in [4.78, 5) is 0. The second-order valence-electron chi connectivity index (χ2n) is 3.88. The van der Waals surface area contributed by atoms with Crippen LogP contribution in [0.3, 0.4) is 0 Å². The van der Waals surface area contributed by atoms with Gasteiger partial charge in [0.1, 0.15) is 0 Å². The van der Waals surface area contributed by atoms with E-state index in [1.807, 2.05) is 0 Å². The molecule has 0 aliphatic carbocycles. The van der Waals surface area contributed by atoms with Crippen molar-refractivity contribution < 1.29 is 0 Å². The highest BCUT2D eigenvalue weighted by Crippen LogP contribution is 2.09. The molecule has 1 aliphatic heterocycles. The number of thioether (sulfide) groups is 2. The first-order valence-corrected chi connectivity index (χ1v) is 8.16. The zero-order valence-corrected chi connectivity index (χ0v) is 11.5. The van der Waals surface area contributed by atoms with Gasteiger partial charge in [0.15, 0.2) is 0 Å². The lowest BCUT2D eigenvalue weighted by Gasteiger charge is -1.97. The maximum Gasteiger partial charge on any atom is 0.00976 e. The Morgan fingerprint density at radius 3 is 1.62 bits per heavy atom. The largest absolute Gasteiger partial charge is 0.0913 e. The van der Waals surface area contributed by atoms with Gasteiger partial charge in [-0.1, -0.05) is 48.2 Å². The van der Waals surface area contributed by atoms with Crippen molar-refractivity contribution in [2.45, 2.75) is 51.4 Å². The van der Waals surface area contributed by atoms with Gasteiger partial charge >= 0.3 is 0 Å². The molecule has 0 atom stereocenters. The highest BCUT2D eigenvalue weighted by Gasteiger charge is 1.90. The first-order valence-electron chi connectivity index (χ1n) is 6.19. The van der Waals surface area contributed by atoms with Crippen molar-refractivity contribution in [1.29, 1.82) is 0 Å². The van der Waals surface area contributed by atoms with E-state index in [-0.39, 0.29) is 0 Å². The fourth-order valence-electron chi connectivity index (χ4n) is 1.43. The summed E-state index contributed by atoms with van der Waals surface area (Å²) in [7, 11) is 0. The molecule has 2 heteroatoms. The Balaban J connectivity index is 2.19.